The van der Waals surface area contributed by atoms with Crippen molar-refractivity contribution in [2.45, 2.75) is 12.5 Å². The van der Waals surface area contributed by atoms with Crippen molar-refractivity contribution in [3.63, 3.8) is 0 Å². The molecule has 0 bridgehead atoms. The summed E-state index contributed by atoms with van der Waals surface area (Å²) in [6.07, 6.45) is 0.402. The number of nitrogens with two attached hydrogens (primary N) is 1. The Labute approximate surface area is 113 Å². The molecule has 1 atom stereocenters. The predicted octanol–water partition coefficient (Wildman–Crippen LogP) is 4.44. The fourth-order valence-corrected chi connectivity index (χ4v) is 3.21. The van der Waals surface area contributed by atoms with Gasteiger partial charge in [-0.3, -0.25) is 0 Å². The molecule has 0 aliphatic rings. The fraction of sp³-hybridized carbons (Fsp3) is 0.167. The molecule has 0 radical (unpaired) electrons. The summed E-state index contributed by atoms with van der Waals surface area (Å²) in [5.74, 6) is -0.250. The van der Waals surface area contributed by atoms with Crippen molar-refractivity contribution < 1.29 is 4.39 Å². The molecule has 17 heavy (non-hydrogen) atoms. The molecule has 2 rings (SSSR count). The Hall–Kier alpha value is -0.610. The van der Waals surface area contributed by atoms with Gasteiger partial charge in [-0.2, -0.15) is 0 Å². The van der Waals surface area contributed by atoms with Crippen LogP contribution in [0.15, 0.2) is 30.3 Å². The molecule has 1 aromatic heterocycles. The molecule has 5 heteroatoms. The van der Waals surface area contributed by atoms with Crippen molar-refractivity contribution in [2.24, 2.45) is 5.73 Å². The summed E-state index contributed by atoms with van der Waals surface area (Å²) >= 11 is 13.1. The first kappa shape index (κ1) is 12.8. The maximum absolute atomic E-state index is 13.5. The molecule has 90 valence electrons. The van der Waals surface area contributed by atoms with Gasteiger partial charge in [0.25, 0.3) is 0 Å². The molecule has 1 aromatic carbocycles. The smallest absolute Gasteiger partial charge is 0.126 e. The van der Waals surface area contributed by atoms with Crippen LogP contribution >= 0.6 is 34.5 Å². The lowest BCUT2D eigenvalue weighted by atomic mass is 10.0. The summed E-state index contributed by atoms with van der Waals surface area (Å²) < 4.78 is 14.6. The van der Waals surface area contributed by atoms with Gasteiger partial charge in [0.1, 0.15) is 5.82 Å². The second-order valence-corrected chi connectivity index (χ2v) is 5.97. The molecule has 0 aliphatic heterocycles. The van der Waals surface area contributed by atoms with Gasteiger partial charge in [0, 0.05) is 11.6 Å². The van der Waals surface area contributed by atoms with E-state index < -0.39 is 0 Å². The lowest BCUT2D eigenvalue weighted by Gasteiger charge is -2.11. The fourth-order valence-electron chi connectivity index (χ4n) is 1.62. The highest BCUT2D eigenvalue weighted by molar-refractivity contribution is 7.20. The molecule has 1 nitrogen and oxygen atoms in total. The van der Waals surface area contributed by atoms with Gasteiger partial charge in [-0.1, -0.05) is 41.4 Å². The number of hydrogen-bond acceptors (Lipinski definition) is 2. The molecule has 0 saturated carbocycles. The lowest BCUT2D eigenvalue weighted by Crippen LogP contribution is -2.13. The van der Waals surface area contributed by atoms with Gasteiger partial charge in [-0.05, 0) is 24.1 Å². The van der Waals surface area contributed by atoms with Crippen LogP contribution in [0.1, 0.15) is 17.2 Å². The van der Waals surface area contributed by atoms with Crippen LogP contribution in [0.4, 0.5) is 4.39 Å². The second kappa shape index (κ2) is 5.36. The third-order valence-corrected chi connectivity index (χ3v) is 4.00. The number of hydrogen-bond donors (Lipinski definition) is 1. The quantitative estimate of drug-likeness (QED) is 0.888. The van der Waals surface area contributed by atoms with Gasteiger partial charge >= 0.3 is 0 Å². The minimum atomic E-state index is -0.344. The predicted molar refractivity (Wildman–Crippen MR) is 71.4 cm³/mol. The Morgan fingerprint density at radius 2 is 2.00 bits per heavy atom. The van der Waals surface area contributed by atoms with E-state index in [0.29, 0.717) is 20.7 Å². The van der Waals surface area contributed by atoms with Crippen LogP contribution in [0.3, 0.4) is 0 Å². The Morgan fingerprint density at radius 3 is 2.59 bits per heavy atom. The zero-order chi connectivity index (χ0) is 12.4. The molecule has 0 saturated heterocycles. The maximum Gasteiger partial charge on any atom is 0.126 e. The normalized spacial score (nSPS) is 12.7. The lowest BCUT2D eigenvalue weighted by molar-refractivity contribution is 0.594. The first-order valence-electron chi connectivity index (χ1n) is 5.01. The summed E-state index contributed by atoms with van der Waals surface area (Å²) in [4.78, 5) is 0. The van der Waals surface area contributed by atoms with Crippen molar-refractivity contribution in [1.82, 2.24) is 0 Å². The average molecular weight is 290 g/mol. The van der Waals surface area contributed by atoms with Gasteiger partial charge in [0.05, 0.1) is 8.67 Å². The van der Waals surface area contributed by atoms with Crippen LogP contribution in [0, 0.1) is 5.82 Å². The standard InChI is InChI=1S/C12H10Cl2FNS/c13-11-6-8(12(14)17-11)10(16)5-7-3-1-2-4-9(7)15/h1-4,6,10H,5,16H2. The second-order valence-electron chi connectivity index (χ2n) is 3.68. The number of thiophene rings is 1. The minimum Gasteiger partial charge on any atom is -0.324 e. The largest absolute Gasteiger partial charge is 0.324 e. The van der Waals surface area contributed by atoms with Gasteiger partial charge in [-0.15, -0.1) is 11.3 Å². The molecule has 1 unspecified atom stereocenters. The molecule has 0 aliphatic carbocycles. The Morgan fingerprint density at radius 1 is 1.29 bits per heavy atom. The highest BCUT2D eigenvalue weighted by atomic mass is 35.5. The summed E-state index contributed by atoms with van der Waals surface area (Å²) in [5, 5.41) is 0. The van der Waals surface area contributed by atoms with Crippen molar-refractivity contribution in [1.29, 1.82) is 0 Å². The summed E-state index contributed by atoms with van der Waals surface area (Å²) in [5.41, 5.74) is 7.36. The third-order valence-electron chi connectivity index (χ3n) is 2.48. The number of halogens is 3. The van der Waals surface area contributed by atoms with Crippen molar-refractivity contribution >= 4 is 34.5 Å². The van der Waals surface area contributed by atoms with E-state index in [0.717, 1.165) is 5.56 Å². The molecule has 0 amide bonds. The van der Waals surface area contributed by atoms with Gasteiger partial charge in [0.2, 0.25) is 0 Å². The summed E-state index contributed by atoms with van der Waals surface area (Å²) in [6.45, 7) is 0. The molecule has 2 N–H and O–H groups in total. The topological polar surface area (TPSA) is 26.0 Å². The van der Waals surface area contributed by atoms with Crippen LogP contribution in [0.25, 0.3) is 0 Å². The van der Waals surface area contributed by atoms with E-state index in [1.165, 1.54) is 17.4 Å². The van der Waals surface area contributed by atoms with Crippen molar-refractivity contribution in [2.75, 3.05) is 0 Å². The van der Waals surface area contributed by atoms with Gasteiger partial charge in [0.15, 0.2) is 0 Å². The molecule has 0 fully saturated rings. The molecule has 1 heterocycles. The first-order valence-corrected chi connectivity index (χ1v) is 6.59. The zero-order valence-electron chi connectivity index (χ0n) is 8.79. The van der Waals surface area contributed by atoms with E-state index in [1.807, 2.05) is 0 Å². The SMILES string of the molecule is NC(Cc1ccccc1F)c1cc(Cl)sc1Cl. The highest BCUT2D eigenvalue weighted by Gasteiger charge is 2.15. The van der Waals surface area contributed by atoms with Crippen LogP contribution in [0.5, 0.6) is 0 Å². The zero-order valence-corrected chi connectivity index (χ0v) is 11.1. The van der Waals surface area contributed by atoms with Crippen LogP contribution in [0.2, 0.25) is 8.67 Å². The molecular weight excluding hydrogens is 280 g/mol. The summed E-state index contributed by atoms with van der Waals surface area (Å²) in [6, 6.07) is 7.97. The van der Waals surface area contributed by atoms with Crippen molar-refractivity contribution in [3.05, 3.63) is 55.9 Å². The van der Waals surface area contributed by atoms with E-state index >= 15 is 0 Å². The third kappa shape index (κ3) is 2.99. The van der Waals surface area contributed by atoms with E-state index in [9.17, 15) is 4.39 Å². The first-order chi connectivity index (χ1) is 8.08. The van der Waals surface area contributed by atoms with E-state index in [2.05, 4.69) is 0 Å². The monoisotopic (exact) mass is 289 g/mol. The minimum absolute atomic E-state index is 0.250. The Bertz CT molecular complexity index is 527. The number of benzene rings is 1. The van der Waals surface area contributed by atoms with Gasteiger partial charge < -0.3 is 5.73 Å². The van der Waals surface area contributed by atoms with Gasteiger partial charge in [-0.25, -0.2) is 4.39 Å². The Balaban J connectivity index is 2.20. The molecule has 0 spiro atoms. The molecular formula is C12H10Cl2FNS. The Kier molecular flexibility index (Phi) is 4.05. The summed E-state index contributed by atoms with van der Waals surface area (Å²) in [7, 11) is 0. The van der Waals surface area contributed by atoms with E-state index in [4.69, 9.17) is 28.9 Å². The van der Waals surface area contributed by atoms with Crippen LogP contribution in [-0.2, 0) is 6.42 Å². The molecule has 2 aromatic rings. The highest BCUT2D eigenvalue weighted by Crippen LogP contribution is 2.35. The van der Waals surface area contributed by atoms with E-state index in [-0.39, 0.29) is 11.9 Å². The maximum atomic E-state index is 13.5. The van der Waals surface area contributed by atoms with Crippen LogP contribution < -0.4 is 5.73 Å². The van der Waals surface area contributed by atoms with Crippen LogP contribution in [-0.4, -0.2) is 0 Å². The van der Waals surface area contributed by atoms with E-state index in [1.54, 1.807) is 24.3 Å². The number of rotatable bonds is 3. The van der Waals surface area contributed by atoms with Crippen molar-refractivity contribution in [3.8, 4) is 0 Å². The average Bonchev–Trinajstić information content (AvgIpc) is 2.61.